The summed E-state index contributed by atoms with van der Waals surface area (Å²) in [6.07, 6.45) is 9.46. The molecule has 6 rings (SSSR count). The Hall–Kier alpha value is -2.90. The van der Waals surface area contributed by atoms with Crippen molar-refractivity contribution in [1.82, 2.24) is 0 Å². The third kappa shape index (κ3) is 4.51. The SMILES string of the molecule is C=C1CC[C@]2(C(=O)O)CC[C@]3(C)C(=CC[C@@H]4[C@@]5(C)C[C@@H](OC(=O)/C=C/c6ccc(O)cc6)[C@H](O)[C@@](C)(CO)[C@@H]5CC[C@]43C)[C@@H]2[C@H]1C. The predicted octanol–water partition coefficient (Wildman–Crippen LogP) is 6.92. The van der Waals surface area contributed by atoms with Crippen LogP contribution >= 0.6 is 0 Å². The van der Waals surface area contributed by atoms with Gasteiger partial charge in [-0.15, -0.1) is 0 Å². The molecule has 11 atom stereocenters. The van der Waals surface area contributed by atoms with Crippen molar-refractivity contribution in [3.8, 4) is 5.75 Å². The number of aliphatic hydroxyl groups is 2. The molecule has 0 radical (unpaired) electrons. The van der Waals surface area contributed by atoms with Gasteiger partial charge >= 0.3 is 11.9 Å². The van der Waals surface area contributed by atoms with Crippen LogP contribution in [-0.4, -0.2) is 51.2 Å². The van der Waals surface area contributed by atoms with E-state index in [9.17, 15) is 30.0 Å². The molecule has 0 aromatic heterocycles. The molecular weight excluding hydrogens is 580 g/mol. The Morgan fingerprint density at radius 2 is 1.74 bits per heavy atom. The lowest BCUT2D eigenvalue weighted by Crippen LogP contribution is -2.68. The molecule has 4 N–H and O–H groups in total. The van der Waals surface area contributed by atoms with Crippen molar-refractivity contribution in [1.29, 1.82) is 0 Å². The minimum Gasteiger partial charge on any atom is -0.508 e. The summed E-state index contributed by atoms with van der Waals surface area (Å²) in [7, 11) is 0. The van der Waals surface area contributed by atoms with Crippen LogP contribution in [0.15, 0.2) is 54.1 Å². The first-order chi connectivity index (χ1) is 21.6. The van der Waals surface area contributed by atoms with Gasteiger partial charge in [0.05, 0.1) is 18.1 Å². The highest BCUT2D eigenvalue weighted by Gasteiger charge is 2.71. The van der Waals surface area contributed by atoms with Crippen LogP contribution in [0, 0.1) is 50.7 Å². The summed E-state index contributed by atoms with van der Waals surface area (Å²) in [6.45, 7) is 15.3. The number of hydrogen-bond donors (Lipinski definition) is 4. The largest absolute Gasteiger partial charge is 0.508 e. The molecule has 0 heterocycles. The molecule has 0 unspecified atom stereocenters. The molecule has 0 amide bonds. The Bertz CT molecular complexity index is 1480. The number of esters is 1. The zero-order chi connectivity index (χ0) is 33.4. The number of carbonyl (C=O) groups excluding carboxylic acids is 1. The van der Waals surface area contributed by atoms with Crippen LogP contribution in [0.3, 0.4) is 0 Å². The topological polar surface area (TPSA) is 124 Å². The molecule has 0 spiro atoms. The van der Waals surface area contributed by atoms with Crippen LogP contribution in [0.1, 0.15) is 91.5 Å². The first-order valence-corrected chi connectivity index (χ1v) is 17.2. The Balaban J connectivity index is 1.35. The van der Waals surface area contributed by atoms with Gasteiger partial charge in [-0.25, -0.2) is 4.79 Å². The molecule has 4 fully saturated rings. The molecule has 1 aromatic carbocycles. The van der Waals surface area contributed by atoms with Crippen molar-refractivity contribution in [3.05, 3.63) is 59.7 Å². The predicted molar refractivity (Wildman–Crippen MR) is 176 cm³/mol. The van der Waals surface area contributed by atoms with Gasteiger partial charge in [0.2, 0.25) is 0 Å². The van der Waals surface area contributed by atoms with Crippen molar-refractivity contribution in [2.24, 2.45) is 50.7 Å². The van der Waals surface area contributed by atoms with Crippen LogP contribution in [0.4, 0.5) is 0 Å². The molecule has 0 saturated heterocycles. The second-order valence-corrected chi connectivity index (χ2v) is 16.4. The number of aliphatic carboxylic acids is 1. The van der Waals surface area contributed by atoms with E-state index in [4.69, 9.17) is 4.74 Å². The van der Waals surface area contributed by atoms with Crippen molar-refractivity contribution in [2.75, 3.05) is 6.61 Å². The van der Waals surface area contributed by atoms with E-state index in [2.05, 4.69) is 40.3 Å². The van der Waals surface area contributed by atoms with E-state index < -0.39 is 35.0 Å². The quantitative estimate of drug-likeness (QED) is 0.158. The normalized spacial score (nSPS) is 45.1. The summed E-state index contributed by atoms with van der Waals surface area (Å²) in [5.74, 6) is -0.844. The second kappa shape index (κ2) is 11.1. The number of rotatable bonds is 5. The molecule has 5 aliphatic rings. The Labute approximate surface area is 273 Å². The zero-order valence-electron chi connectivity index (χ0n) is 28.1. The Kier molecular flexibility index (Phi) is 7.96. The number of aromatic hydroxyl groups is 1. The lowest BCUT2D eigenvalue weighted by atomic mass is 9.33. The van der Waals surface area contributed by atoms with Crippen LogP contribution in [-0.2, 0) is 14.3 Å². The molecule has 0 bridgehead atoms. The molecule has 0 aliphatic heterocycles. The lowest BCUT2D eigenvalue weighted by molar-refractivity contribution is -0.247. The number of carboxylic acid groups (broad SMARTS) is 1. The summed E-state index contributed by atoms with van der Waals surface area (Å²) in [5.41, 5.74) is 0.893. The fourth-order valence-electron chi connectivity index (χ4n) is 11.7. The summed E-state index contributed by atoms with van der Waals surface area (Å²) >= 11 is 0. The summed E-state index contributed by atoms with van der Waals surface area (Å²) < 4.78 is 6.01. The number of phenols is 1. The van der Waals surface area contributed by atoms with E-state index in [0.717, 1.165) is 43.2 Å². The van der Waals surface area contributed by atoms with Crippen molar-refractivity contribution in [2.45, 2.75) is 98.2 Å². The van der Waals surface area contributed by atoms with Gasteiger partial charge in [0.1, 0.15) is 11.9 Å². The van der Waals surface area contributed by atoms with Crippen LogP contribution in [0.2, 0.25) is 0 Å². The van der Waals surface area contributed by atoms with Crippen LogP contribution < -0.4 is 0 Å². The molecule has 7 nitrogen and oxygen atoms in total. The van der Waals surface area contributed by atoms with Crippen molar-refractivity contribution < 1.29 is 34.8 Å². The number of aliphatic hydroxyl groups excluding tert-OH is 2. The van der Waals surface area contributed by atoms with Gasteiger partial charge in [-0.3, -0.25) is 4.79 Å². The van der Waals surface area contributed by atoms with Gasteiger partial charge in [-0.1, -0.05) is 70.6 Å². The molecular formula is C39H52O7. The molecule has 7 heteroatoms. The third-order valence-corrected chi connectivity index (χ3v) is 14.6. The molecule has 250 valence electrons. The van der Waals surface area contributed by atoms with E-state index in [1.807, 2.05) is 6.92 Å². The smallest absolute Gasteiger partial charge is 0.331 e. The monoisotopic (exact) mass is 632 g/mol. The first-order valence-electron chi connectivity index (χ1n) is 17.2. The summed E-state index contributed by atoms with van der Waals surface area (Å²) in [6, 6.07) is 6.50. The highest BCUT2D eigenvalue weighted by molar-refractivity contribution is 5.87. The van der Waals surface area contributed by atoms with Gasteiger partial charge in [0.25, 0.3) is 0 Å². The fraction of sp³-hybridized carbons (Fsp3) is 0.641. The van der Waals surface area contributed by atoms with Crippen LogP contribution in [0.25, 0.3) is 6.08 Å². The van der Waals surface area contributed by atoms with E-state index in [-0.39, 0.29) is 52.3 Å². The minimum absolute atomic E-state index is 0.0224. The van der Waals surface area contributed by atoms with E-state index in [1.54, 1.807) is 30.3 Å². The van der Waals surface area contributed by atoms with Gasteiger partial charge in [-0.2, -0.15) is 0 Å². The highest BCUT2D eigenvalue weighted by Crippen LogP contribution is 2.75. The molecule has 1 aromatic rings. The molecule has 5 aliphatic carbocycles. The maximum atomic E-state index is 13.1. The summed E-state index contributed by atoms with van der Waals surface area (Å²) in [4.78, 5) is 26.1. The van der Waals surface area contributed by atoms with E-state index in [1.165, 1.54) is 11.6 Å². The third-order valence-electron chi connectivity index (χ3n) is 14.6. The van der Waals surface area contributed by atoms with Gasteiger partial charge < -0.3 is 25.2 Å². The second-order valence-electron chi connectivity index (χ2n) is 16.4. The van der Waals surface area contributed by atoms with Gasteiger partial charge in [0, 0.05) is 17.4 Å². The Morgan fingerprint density at radius 1 is 1.04 bits per heavy atom. The number of ether oxygens (including phenoxy) is 1. The fourth-order valence-corrected chi connectivity index (χ4v) is 11.7. The molecule has 46 heavy (non-hydrogen) atoms. The number of carboxylic acids is 1. The lowest BCUT2D eigenvalue weighted by Gasteiger charge is -2.71. The maximum Gasteiger partial charge on any atom is 0.331 e. The zero-order valence-corrected chi connectivity index (χ0v) is 28.1. The number of benzene rings is 1. The van der Waals surface area contributed by atoms with Crippen molar-refractivity contribution in [3.63, 3.8) is 0 Å². The highest BCUT2D eigenvalue weighted by atomic mass is 16.6. The van der Waals surface area contributed by atoms with E-state index in [0.29, 0.717) is 19.3 Å². The Morgan fingerprint density at radius 3 is 2.39 bits per heavy atom. The first kappa shape index (κ1) is 33.0. The van der Waals surface area contributed by atoms with E-state index >= 15 is 0 Å². The maximum absolute atomic E-state index is 13.1. The minimum atomic E-state index is -1.02. The average molecular weight is 633 g/mol. The van der Waals surface area contributed by atoms with Gasteiger partial charge in [0.15, 0.2) is 0 Å². The average Bonchev–Trinajstić information content (AvgIpc) is 3.01. The number of hydrogen-bond acceptors (Lipinski definition) is 6. The van der Waals surface area contributed by atoms with Crippen LogP contribution in [0.5, 0.6) is 5.75 Å². The standard InChI is InChI=1S/C39H52O7/c1-23-15-18-39(34(44)45)20-19-37(5)27(32(39)24(23)2)12-13-30-35(3)21-28(46-31(42)14-9-25-7-10-26(41)11-8-25)33(43)36(4,22-40)29(35)16-17-38(30,37)6/h7-12,14,24,28-30,32-33,40-41,43H,1,13,15-22H2,2-6H3,(H,44,45)/b14-9+/t24-,28+,29+,30+,32-,33-,35-,36-,37+,38+,39-/m0/s1. The van der Waals surface area contributed by atoms with Gasteiger partial charge in [-0.05, 0) is 109 Å². The van der Waals surface area contributed by atoms with Crippen molar-refractivity contribution >= 4 is 18.0 Å². The summed E-state index contributed by atoms with van der Waals surface area (Å²) in [5, 5.41) is 42.8. The number of fused-ring (bicyclic) bond motifs is 7. The number of phenolic OH excluding ortho intramolecular Hbond substituents is 1. The number of allylic oxidation sites excluding steroid dienone is 3. The molecule has 4 saturated carbocycles. The number of carbonyl (C=O) groups is 2.